The maximum atomic E-state index is 12.5. The first kappa shape index (κ1) is 15.2. The Kier molecular flexibility index (Phi) is 4.33. The molecule has 20 heavy (non-hydrogen) atoms. The normalized spacial score (nSPS) is 12.0. The quantitative estimate of drug-likeness (QED) is 0.873. The molecule has 1 aromatic carbocycles. The van der Waals surface area contributed by atoms with Crippen molar-refractivity contribution >= 4 is 38.6 Å². The Bertz CT molecular complexity index is 728. The molecule has 0 aliphatic rings. The predicted octanol–water partition coefficient (Wildman–Crippen LogP) is 2.51. The van der Waals surface area contributed by atoms with E-state index < -0.39 is 10.0 Å². The van der Waals surface area contributed by atoms with Crippen LogP contribution in [0.4, 0.5) is 5.69 Å². The molecule has 1 heterocycles. The van der Waals surface area contributed by atoms with E-state index in [-0.39, 0.29) is 16.5 Å². The molecule has 0 aliphatic carbocycles. The van der Waals surface area contributed by atoms with Crippen molar-refractivity contribution in [3.8, 4) is 0 Å². The van der Waals surface area contributed by atoms with Crippen molar-refractivity contribution in [2.24, 2.45) is 0 Å². The smallest absolute Gasteiger partial charge is 0.244 e. The van der Waals surface area contributed by atoms with Crippen molar-refractivity contribution in [3.05, 3.63) is 39.3 Å². The summed E-state index contributed by atoms with van der Waals surface area (Å²) in [5.74, 6) is 0. The average Bonchev–Trinajstić information content (AvgIpc) is 2.74. The first-order chi connectivity index (χ1) is 9.30. The zero-order valence-corrected chi connectivity index (χ0v) is 13.4. The molecule has 0 spiro atoms. The van der Waals surface area contributed by atoms with Gasteiger partial charge in [0.15, 0.2) is 0 Å². The van der Waals surface area contributed by atoms with Crippen molar-refractivity contribution < 1.29 is 8.42 Å². The highest BCUT2D eigenvalue weighted by Gasteiger charge is 2.24. The molecule has 5 nitrogen and oxygen atoms in total. The highest BCUT2D eigenvalue weighted by Crippen LogP contribution is 2.26. The number of aryl methyl sites for hydroxylation is 1. The summed E-state index contributed by atoms with van der Waals surface area (Å²) < 4.78 is 26.1. The summed E-state index contributed by atoms with van der Waals surface area (Å²) in [7, 11) is -2.17. The number of nitrogens with two attached hydrogens (primary N) is 1. The van der Waals surface area contributed by atoms with Gasteiger partial charge in [0.05, 0.1) is 22.3 Å². The Morgan fingerprint density at radius 3 is 2.70 bits per heavy atom. The van der Waals surface area contributed by atoms with Crippen molar-refractivity contribution in [2.75, 3.05) is 12.8 Å². The molecular weight excluding hydrogens is 318 g/mol. The van der Waals surface area contributed by atoms with Gasteiger partial charge in [0.25, 0.3) is 0 Å². The molecule has 0 saturated carbocycles. The lowest BCUT2D eigenvalue weighted by Crippen LogP contribution is -2.27. The zero-order chi connectivity index (χ0) is 14.9. The minimum atomic E-state index is -3.66. The van der Waals surface area contributed by atoms with E-state index in [1.54, 1.807) is 0 Å². The van der Waals surface area contributed by atoms with Gasteiger partial charge in [-0.05, 0) is 25.1 Å². The first-order valence-electron chi connectivity index (χ1n) is 5.73. The number of halogens is 1. The van der Waals surface area contributed by atoms with Crippen LogP contribution < -0.4 is 5.73 Å². The van der Waals surface area contributed by atoms with E-state index in [1.165, 1.54) is 40.9 Å². The van der Waals surface area contributed by atoms with Gasteiger partial charge in [0, 0.05) is 18.1 Å². The van der Waals surface area contributed by atoms with Crippen molar-refractivity contribution in [3.63, 3.8) is 0 Å². The molecule has 0 bridgehead atoms. The van der Waals surface area contributed by atoms with E-state index in [1.807, 2.05) is 12.3 Å². The third-order valence-electron chi connectivity index (χ3n) is 2.70. The minimum absolute atomic E-state index is 0.0443. The second-order valence-electron chi connectivity index (χ2n) is 4.31. The number of sulfonamides is 1. The number of thiazole rings is 1. The SMILES string of the molecule is Cc1nc(CN(C)S(=O)(=O)c2ccc(N)cc2Cl)cs1. The Morgan fingerprint density at radius 1 is 1.45 bits per heavy atom. The van der Waals surface area contributed by atoms with Gasteiger partial charge in [0.1, 0.15) is 4.90 Å². The largest absolute Gasteiger partial charge is 0.399 e. The van der Waals surface area contributed by atoms with E-state index in [4.69, 9.17) is 17.3 Å². The van der Waals surface area contributed by atoms with E-state index >= 15 is 0 Å². The van der Waals surface area contributed by atoms with Crippen LogP contribution in [-0.2, 0) is 16.6 Å². The molecule has 2 N–H and O–H groups in total. The molecule has 0 unspecified atom stereocenters. The monoisotopic (exact) mass is 331 g/mol. The van der Waals surface area contributed by atoms with Crippen LogP contribution in [0.25, 0.3) is 0 Å². The van der Waals surface area contributed by atoms with Crippen LogP contribution in [0.15, 0.2) is 28.5 Å². The molecule has 2 rings (SSSR count). The maximum Gasteiger partial charge on any atom is 0.244 e. The van der Waals surface area contributed by atoms with Crippen LogP contribution in [0.5, 0.6) is 0 Å². The van der Waals surface area contributed by atoms with Crippen molar-refractivity contribution in [1.82, 2.24) is 9.29 Å². The van der Waals surface area contributed by atoms with Gasteiger partial charge < -0.3 is 5.73 Å². The molecule has 8 heteroatoms. The number of hydrogen-bond donors (Lipinski definition) is 1. The molecule has 108 valence electrons. The summed E-state index contributed by atoms with van der Waals surface area (Å²) >= 11 is 7.45. The number of benzene rings is 1. The van der Waals surface area contributed by atoms with Crippen molar-refractivity contribution in [2.45, 2.75) is 18.4 Å². The zero-order valence-electron chi connectivity index (χ0n) is 11.0. The molecule has 2 aromatic rings. The van der Waals surface area contributed by atoms with Crippen LogP contribution in [0.3, 0.4) is 0 Å². The molecule has 0 radical (unpaired) electrons. The van der Waals surface area contributed by atoms with E-state index in [0.29, 0.717) is 11.4 Å². The van der Waals surface area contributed by atoms with Gasteiger partial charge in [-0.1, -0.05) is 11.6 Å². The van der Waals surface area contributed by atoms with Crippen LogP contribution >= 0.6 is 22.9 Å². The predicted molar refractivity (Wildman–Crippen MR) is 81.4 cm³/mol. The lowest BCUT2D eigenvalue weighted by molar-refractivity contribution is 0.463. The summed E-state index contributed by atoms with van der Waals surface area (Å²) in [6.07, 6.45) is 0. The lowest BCUT2D eigenvalue weighted by Gasteiger charge is -2.17. The number of hydrogen-bond acceptors (Lipinski definition) is 5. The Labute approximate surface area is 127 Å². The van der Waals surface area contributed by atoms with Gasteiger partial charge in [-0.2, -0.15) is 4.31 Å². The molecule has 0 atom stereocenters. The fourth-order valence-corrected chi connectivity index (χ4v) is 3.96. The fraction of sp³-hybridized carbons (Fsp3) is 0.250. The van der Waals surface area contributed by atoms with Crippen LogP contribution in [0.1, 0.15) is 10.7 Å². The number of rotatable bonds is 4. The number of nitrogens with zero attached hydrogens (tertiary/aromatic N) is 2. The van der Waals surface area contributed by atoms with E-state index in [0.717, 1.165) is 5.01 Å². The number of aromatic nitrogens is 1. The topological polar surface area (TPSA) is 76.3 Å². The Hall–Kier alpha value is -1.15. The van der Waals surface area contributed by atoms with Crippen LogP contribution in [0.2, 0.25) is 5.02 Å². The van der Waals surface area contributed by atoms with E-state index in [9.17, 15) is 8.42 Å². The summed E-state index contributed by atoms with van der Waals surface area (Å²) in [4.78, 5) is 4.30. The molecule has 0 aliphatic heterocycles. The van der Waals surface area contributed by atoms with Gasteiger partial charge in [0.2, 0.25) is 10.0 Å². The van der Waals surface area contributed by atoms with E-state index in [2.05, 4.69) is 4.98 Å². The summed E-state index contributed by atoms with van der Waals surface area (Å²) in [5.41, 5.74) is 6.71. The van der Waals surface area contributed by atoms with Crippen molar-refractivity contribution in [1.29, 1.82) is 0 Å². The average molecular weight is 332 g/mol. The molecule has 0 amide bonds. The lowest BCUT2D eigenvalue weighted by atomic mass is 10.3. The number of nitrogen functional groups attached to an aromatic ring is 1. The number of anilines is 1. The third kappa shape index (κ3) is 3.12. The molecule has 0 saturated heterocycles. The second-order valence-corrected chi connectivity index (χ2v) is 7.79. The van der Waals surface area contributed by atoms with Crippen LogP contribution in [0, 0.1) is 6.92 Å². The summed E-state index contributed by atoms with van der Waals surface area (Å²) in [6, 6.07) is 4.35. The standard InChI is InChI=1S/C12H14ClN3O2S2/c1-8-15-10(7-19-8)6-16(2)20(17,18)12-4-3-9(14)5-11(12)13/h3-5,7H,6,14H2,1-2H3. The van der Waals surface area contributed by atoms with Gasteiger partial charge in [-0.15, -0.1) is 11.3 Å². The van der Waals surface area contributed by atoms with Gasteiger partial charge in [-0.3, -0.25) is 0 Å². The summed E-state index contributed by atoms with van der Waals surface area (Å²) in [6.45, 7) is 2.08. The summed E-state index contributed by atoms with van der Waals surface area (Å²) in [5, 5.41) is 2.86. The third-order valence-corrected chi connectivity index (χ3v) is 5.80. The van der Waals surface area contributed by atoms with Crippen LogP contribution in [-0.4, -0.2) is 24.8 Å². The highest BCUT2D eigenvalue weighted by atomic mass is 35.5. The molecule has 1 aromatic heterocycles. The highest BCUT2D eigenvalue weighted by molar-refractivity contribution is 7.89. The fourth-order valence-electron chi connectivity index (χ4n) is 1.69. The Balaban J connectivity index is 2.29. The van der Waals surface area contributed by atoms with Gasteiger partial charge >= 0.3 is 0 Å². The second kappa shape index (κ2) is 5.69. The van der Waals surface area contributed by atoms with Gasteiger partial charge in [-0.25, -0.2) is 13.4 Å². The molecular formula is C12H14ClN3O2S2. The molecule has 0 fully saturated rings. The first-order valence-corrected chi connectivity index (χ1v) is 8.43. The maximum absolute atomic E-state index is 12.5. The minimum Gasteiger partial charge on any atom is -0.399 e. The Morgan fingerprint density at radius 2 is 2.15 bits per heavy atom.